The summed E-state index contributed by atoms with van der Waals surface area (Å²) in [5, 5.41) is 1.64. The first-order valence-corrected chi connectivity index (χ1v) is 6.82. The Labute approximate surface area is 94.5 Å². The largest absolute Gasteiger partial charge is 0.450 e. The van der Waals surface area contributed by atoms with E-state index in [1.807, 2.05) is 11.8 Å². The Kier molecular flexibility index (Phi) is 2.34. The van der Waals surface area contributed by atoms with Crippen LogP contribution in [0.3, 0.4) is 0 Å². The van der Waals surface area contributed by atoms with Crippen LogP contribution >= 0.6 is 11.8 Å². The average Bonchev–Trinajstić information content (AvgIpc) is 2.15. The fourth-order valence-corrected chi connectivity index (χ4v) is 5.22. The highest BCUT2D eigenvalue weighted by Gasteiger charge is 2.49. The number of hydrogen-bond donors (Lipinski definition) is 0. The van der Waals surface area contributed by atoms with Gasteiger partial charge in [0, 0.05) is 22.6 Å². The van der Waals surface area contributed by atoms with Gasteiger partial charge in [-0.1, -0.05) is 0 Å². The summed E-state index contributed by atoms with van der Waals surface area (Å²) in [5.74, 6) is 0. The van der Waals surface area contributed by atoms with Gasteiger partial charge in [-0.25, -0.2) is 4.79 Å². The van der Waals surface area contributed by atoms with Crippen LogP contribution in [0, 0.1) is 0 Å². The Balaban J connectivity index is 1.77. The second-order valence-electron chi connectivity index (χ2n) is 4.74. The third kappa shape index (κ3) is 1.53. The highest BCUT2D eigenvalue weighted by Crippen LogP contribution is 2.49. The van der Waals surface area contributed by atoms with Gasteiger partial charge in [-0.15, -0.1) is 0 Å². The van der Waals surface area contributed by atoms with Crippen LogP contribution in [0.15, 0.2) is 0 Å². The van der Waals surface area contributed by atoms with Crippen molar-refractivity contribution in [2.24, 2.45) is 0 Å². The maximum Gasteiger partial charge on any atom is 0.410 e. The fraction of sp³-hybridized carbons (Fsp3) is 0.909. The second kappa shape index (κ2) is 3.58. The molecule has 3 nitrogen and oxygen atoms in total. The molecule has 0 aromatic heterocycles. The normalized spacial score (nSPS) is 42.1. The molecule has 4 rings (SSSR count). The SMILES string of the molecule is CCOC(=O)N1C2CC3CC1CC(C2)S3. The van der Waals surface area contributed by atoms with Gasteiger partial charge in [0.15, 0.2) is 0 Å². The van der Waals surface area contributed by atoms with E-state index >= 15 is 0 Å². The number of ether oxygens (including phenoxy) is 1. The maximum atomic E-state index is 11.8. The third-order valence-electron chi connectivity index (χ3n) is 3.79. The summed E-state index contributed by atoms with van der Waals surface area (Å²) in [5.41, 5.74) is 0. The van der Waals surface area contributed by atoms with Gasteiger partial charge < -0.3 is 9.64 Å². The van der Waals surface area contributed by atoms with Crippen molar-refractivity contribution >= 4 is 17.9 Å². The molecule has 0 saturated carbocycles. The van der Waals surface area contributed by atoms with Gasteiger partial charge >= 0.3 is 6.09 Å². The van der Waals surface area contributed by atoms with E-state index in [1.165, 1.54) is 25.7 Å². The highest BCUT2D eigenvalue weighted by molar-refractivity contribution is 8.00. The van der Waals surface area contributed by atoms with Crippen molar-refractivity contribution in [3.05, 3.63) is 0 Å². The molecule has 4 aliphatic rings. The molecule has 1 amide bonds. The summed E-state index contributed by atoms with van der Waals surface area (Å²) in [6, 6.07) is 0.959. The first-order valence-electron chi connectivity index (χ1n) is 5.88. The van der Waals surface area contributed by atoms with Gasteiger partial charge in [0.25, 0.3) is 0 Å². The average molecular weight is 227 g/mol. The van der Waals surface area contributed by atoms with Crippen LogP contribution in [0.4, 0.5) is 4.79 Å². The lowest BCUT2D eigenvalue weighted by Crippen LogP contribution is -2.61. The molecule has 4 fully saturated rings. The second-order valence-corrected chi connectivity index (χ2v) is 6.34. The van der Waals surface area contributed by atoms with Crippen molar-refractivity contribution < 1.29 is 9.53 Å². The number of rotatable bonds is 1. The fourth-order valence-electron chi connectivity index (χ4n) is 3.34. The summed E-state index contributed by atoms with van der Waals surface area (Å²) < 4.78 is 5.15. The molecule has 4 bridgehead atoms. The summed E-state index contributed by atoms with van der Waals surface area (Å²) in [4.78, 5) is 13.9. The molecule has 84 valence electrons. The molecule has 0 aliphatic carbocycles. The number of amides is 1. The van der Waals surface area contributed by atoms with Crippen molar-refractivity contribution in [3.63, 3.8) is 0 Å². The smallest absolute Gasteiger partial charge is 0.410 e. The minimum atomic E-state index is -0.0729. The van der Waals surface area contributed by atoms with Crippen LogP contribution in [-0.2, 0) is 4.74 Å². The van der Waals surface area contributed by atoms with Crippen molar-refractivity contribution in [2.45, 2.75) is 55.2 Å². The standard InChI is InChI=1S/C11H17NO2S/c1-2-14-11(13)12-7-3-9-5-8(12)6-10(4-7)15-9/h7-10H,2-6H2,1H3. The molecule has 0 spiro atoms. The van der Waals surface area contributed by atoms with E-state index in [1.54, 1.807) is 0 Å². The molecule has 4 aliphatic heterocycles. The monoisotopic (exact) mass is 227 g/mol. The minimum Gasteiger partial charge on any atom is -0.450 e. The predicted molar refractivity (Wildman–Crippen MR) is 60.1 cm³/mol. The van der Waals surface area contributed by atoms with E-state index in [4.69, 9.17) is 4.74 Å². The number of carbonyl (C=O) groups is 1. The molecule has 0 aromatic carbocycles. The van der Waals surface area contributed by atoms with E-state index in [-0.39, 0.29) is 6.09 Å². The van der Waals surface area contributed by atoms with Crippen molar-refractivity contribution in [2.75, 3.05) is 6.61 Å². The molecular formula is C11H17NO2S. The van der Waals surface area contributed by atoms with Crippen LogP contribution < -0.4 is 0 Å². The molecule has 0 unspecified atom stereocenters. The maximum absolute atomic E-state index is 11.8. The predicted octanol–water partition coefficient (Wildman–Crippen LogP) is 2.25. The lowest BCUT2D eigenvalue weighted by molar-refractivity contribution is 0.0236. The van der Waals surface area contributed by atoms with Crippen molar-refractivity contribution in [1.29, 1.82) is 0 Å². The number of hydrogen-bond acceptors (Lipinski definition) is 3. The van der Waals surface area contributed by atoms with Crippen LogP contribution in [0.25, 0.3) is 0 Å². The van der Waals surface area contributed by atoms with E-state index < -0.39 is 0 Å². The lowest BCUT2D eigenvalue weighted by Gasteiger charge is -2.55. The Hall–Kier alpha value is -0.380. The zero-order valence-corrected chi connectivity index (χ0v) is 9.83. The highest BCUT2D eigenvalue weighted by atomic mass is 32.2. The Bertz CT molecular complexity index is 254. The van der Waals surface area contributed by atoms with Crippen LogP contribution in [0.2, 0.25) is 0 Å². The first-order chi connectivity index (χ1) is 7.28. The molecule has 0 aromatic rings. The van der Waals surface area contributed by atoms with Crippen LogP contribution in [0.5, 0.6) is 0 Å². The van der Waals surface area contributed by atoms with Crippen molar-refractivity contribution in [3.8, 4) is 0 Å². The van der Waals surface area contributed by atoms with Gasteiger partial charge in [-0.05, 0) is 32.6 Å². The molecule has 15 heavy (non-hydrogen) atoms. The summed E-state index contributed by atoms with van der Waals surface area (Å²) in [7, 11) is 0. The van der Waals surface area contributed by atoms with Gasteiger partial charge in [0.1, 0.15) is 0 Å². The van der Waals surface area contributed by atoms with E-state index in [0.717, 1.165) is 10.5 Å². The minimum absolute atomic E-state index is 0.0729. The van der Waals surface area contributed by atoms with Gasteiger partial charge in [-0.3, -0.25) is 0 Å². The summed E-state index contributed by atoms with van der Waals surface area (Å²) in [6.07, 6.45) is 4.69. The Morgan fingerprint density at radius 1 is 1.27 bits per heavy atom. The van der Waals surface area contributed by atoms with Crippen LogP contribution in [-0.4, -0.2) is 40.2 Å². The van der Waals surface area contributed by atoms with E-state index in [2.05, 4.69) is 11.8 Å². The molecule has 4 heteroatoms. The van der Waals surface area contributed by atoms with E-state index in [0.29, 0.717) is 18.7 Å². The number of piperidine rings is 2. The van der Waals surface area contributed by atoms with Gasteiger partial charge in [-0.2, -0.15) is 11.8 Å². The Morgan fingerprint density at radius 2 is 1.80 bits per heavy atom. The molecule has 0 atom stereocenters. The molecule has 0 radical (unpaired) electrons. The zero-order valence-electron chi connectivity index (χ0n) is 9.02. The lowest BCUT2D eigenvalue weighted by atomic mass is 9.83. The molecular weight excluding hydrogens is 210 g/mol. The van der Waals surface area contributed by atoms with Crippen LogP contribution in [0.1, 0.15) is 32.6 Å². The molecule has 4 heterocycles. The quantitative estimate of drug-likeness (QED) is 0.688. The van der Waals surface area contributed by atoms with E-state index in [9.17, 15) is 4.79 Å². The first kappa shape index (κ1) is 9.82. The third-order valence-corrected chi connectivity index (χ3v) is 5.33. The number of carbonyl (C=O) groups excluding carboxylic acids is 1. The number of thioether (sulfide) groups is 1. The van der Waals surface area contributed by atoms with Gasteiger partial charge in [0.2, 0.25) is 0 Å². The van der Waals surface area contributed by atoms with Crippen molar-refractivity contribution in [1.82, 2.24) is 4.90 Å². The zero-order chi connectivity index (χ0) is 10.4. The summed E-state index contributed by atoms with van der Waals surface area (Å²) >= 11 is 2.16. The summed E-state index contributed by atoms with van der Waals surface area (Å²) in [6.45, 7) is 2.38. The molecule has 0 N–H and O–H groups in total. The topological polar surface area (TPSA) is 29.5 Å². The Morgan fingerprint density at radius 3 is 2.27 bits per heavy atom. The van der Waals surface area contributed by atoms with Gasteiger partial charge in [0.05, 0.1) is 6.61 Å². The number of nitrogens with zero attached hydrogens (tertiary/aromatic N) is 1. The molecule has 4 saturated heterocycles.